The normalized spacial score (nSPS) is 1.00. The van der Waals surface area contributed by atoms with Gasteiger partial charge in [0.2, 0.25) is 0 Å². The van der Waals surface area contributed by atoms with Gasteiger partial charge < -0.3 is 17.0 Å². The van der Waals surface area contributed by atoms with Crippen molar-refractivity contribution in [3.05, 3.63) is 0 Å². The van der Waals surface area contributed by atoms with Gasteiger partial charge in [-0.3, -0.25) is 0 Å². The van der Waals surface area contributed by atoms with E-state index in [0.717, 1.165) is 0 Å². The van der Waals surface area contributed by atoms with Crippen LogP contribution in [0.4, 0.5) is 0 Å². The molecule has 0 aliphatic rings. The second-order valence-electron chi connectivity index (χ2n) is 0. The Balaban J connectivity index is -0.00000000500. The molecule has 0 aromatic heterocycles. The van der Waals surface area contributed by atoms with Gasteiger partial charge in [-0.25, -0.2) is 0 Å². The van der Waals surface area contributed by atoms with Crippen molar-refractivity contribution in [2.45, 2.75) is 0 Å². The van der Waals surface area contributed by atoms with E-state index in [2.05, 4.69) is 0 Å². The Morgan fingerprint density at radius 2 is 1.25 bits per heavy atom. The summed E-state index contributed by atoms with van der Waals surface area (Å²) in [7, 11) is 1.17. The molecule has 0 aliphatic heterocycles. The standard InChI is InChI=1S/BrH.Li.H2OP/c;;1-2/h1H;;2H2/q;2*+1/p-1. The van der Waals surface area contributed by atoms with Gasteiger partial charge in [0.15, 0.2) is 0 Å². The third kappa shape index (κ3) is 10.9. The van der Waals surface area contributed by atoms with Gasteiger partial charge in [-0.15, -0.1) is 0 Å². The minimum Gasteiger partial charge on any atom is -1.00 e. The first kappa shape index (κ1) is 19.1. The molecule has 0 amide bonds. The molecule has 0 spiro atoms. The molecule has 20 valence electrons. The summed E-state index contributed by atoms with van der Waals surface area (Å²) in [5.74, 6) is 0. The molecule has 0 N–H and O–H groups in total. The minimum absolute atomic E-state index is 0. The number of hydrogen-bond acceptors (Lipinski definition) is 1. The Morgan fingerprint density at radius 1 is 1.25 bits per heavy atom. The van der Waals surface area contributed by atoms with Crippen LogP contribution in [0.25, 0.3) is 0 Å². The van der Waals surface area contributed by atoms with Crippen molar-refractivity contribution < 1.29 is 40.4 Å². The molecule has 1 unspecified atom stereocenters. The summed E-state index contributed by atoms with van der Waals surface area (Å²) in [6.45, 7) is 0. The van der Waals surface area contributed by atoms with Crippen molar-refractivity contribution in [1.82, 2.24) is 0 Å². The average molecular weight is 136 g/mol. The third-order valence-electron chi connectivity index (χ3n) is 0. The van der Waals surface area contributed by atoms with Crippen molar-refractivity contribution >= 4 is 9.12 Å². The molecule has 0 bridgehead atoms. The first-order valence-electron chi connectivity index (χ1n) is 0.236. The van der Waals surface area contributed by atoms with Crippen LogP contribution in [-0.2, 0) is 4.57 Å². The monoisotopic (exact) mass is 135 g/mol. The summed E-state index contributed by atoms with van der Waals surface area (Å²) in [6, 6.07) is 0. The maximum atomic E-state index is 8.17. The van der Waals surface area contributed by atoms with Gasteiger partial charge in [0.05, 0.1) is 0 Å². The molecule has 0 saturated heterocycles. The maximum Gasteiger partial charge on any atom is 1.00 e. The molecule has 0 aliphatic carbocycles. The number of halogens is 1. The summed E-state index contributed by atoms with van der Waals surface area (Å²) >= 11 is 0. The van der Waals surface area contributed by atoms with Crippen LogP contribution in [0.2, 0.25) is 0 Å². The Morgan fingerprint density at radius 3 is 1.25 bits per heavy atom. The van der Waals surface area contributed by atoms with Gasteiger partial charge >= 0.3 is 28.0 Å². The number of rotatable bonds is 0. The summed E-state index contributed by atoms with van der Waals surface area (Å²) in [6.07, 6.45) is 0. The van der Waals surface area contributed by atoms with E-state index in [-0.39, 0.29) is 35.8 Å². The average Bonchev–Trinajstić information content (AvgIpc) is 1.00. The zero-order valence-electron chi connectivity index (χ0n) is 2.36. The molecule has 0 aromatic rings. The molecule has 4 heteroatoms. The van der Waals surface area contributed by atoms with E-state index < -0.39 is 0 Å². The van der Waals surface area contributed by atoms with Gasteiger partial charge in [0.1, 0.15) is 0 Å². The van der Waals surface area contributed by atoms with E-state index in [0.29, 0.717) is 0 Å². The van der Waals surface area contributed by atoms with Crippen LogP contribution in [0, 0.1) is 0 Å². The first-order valence-corrected chi connectivity index (χ1v) is 0.707. The molecule has 0 fully saturated rings. The predicted molar refractivity (Wildman–Crippen MR) is 10.4 cm³/mol. The summed E-state index contributed by atoms with van der Waals surface area (Å²) in [4.78, 5) is 0. The summed E-state index contributed by atoms with van der Waals surface area (Å²) < 4.78 is 8.17. The fraction of sp³-hybridized carbons (Fsp3) is 0. The zero-order chi connectivity index (χ0) is 2.00. The maximum absolute atomic E-state index is 8.17. The van der Waals surface area contributed by atoms with Crippen LogP contribution >= 0.6 is 9.12 Å². The molecule has 0 aromatic carbocycles. The fourth-order valence-electron chi connectivity index (χ4n) is 0. The fourth-order valence-corrected chi connectivity index (χ4v) is 0. The summed E-state index contributed by atoms with van der Waals surface area (Å²) in [5.41, 5.74) is 0. The smallest absolute Gasteiger partial charge is 1.00 e. The van der Waals surface area contributed by atoms with Crippen molar-refractivity contribution in [3.8, 4) is 0 Å². The van der Waals surface area contributed by atoms with Gasteiger partial charge in [0, 0.05) is 0 Å². The van der Waals surface area contributed by atoms with Crippen LogP contribution < -0.4 is 35.8 Å². The van der Waals surface area contributed by atoms with Crippen molar-refractivity contribution in [2.24, 2.45) is 0 Å². The van der Waals surface area contributed by atoms with E-state index in [1.54, 1.807) is 0 Å². The van der Waals surface area contributed by atoms with Crippen molar-refractivity contribution in [1.29, 1.82) is 0 Å². The molecule has 1 nitrogen and oxygen atoms in total. The Hall–Kier alpha value is 1.18. The second kappa shape index (κ2) is 30.4. The van der Waals surface area contributed by atoms with E-state index in [1.165, 1.54) is 9.12 Å². The quantitative estimate of drug-likeness (QED) is 0.239. The van der Waals surface area contributed by atoms with E-state index in [1.807, 2.05) is 0 Å². The van der Waals surface area contributed by atoms with E-state index in [4.69, 9.17) is 4.57 Å². The molecule has 4 heavy (non-hydrogen) atoms. The molecule has 1 atom stereocenters. The van der Waals surface area contributed by atoms with E-state index >= 15 is 0 Å². The molecular formula is H2BrLiOP+. The van der Waals surface area contributed by atoms with Crippen LogP contribution in [0.15, 0.2) is 0 Å². The van der Waals surface area contributed by atoms with Crippen LogP contribution in [0.3, 0.4) is 0 Å². The van der Waals surface area contributed by atoms with Gasteiger partial charge in [0.25, 0.3) is 0 Å². The number of hydrogen-bond donors (Lipinski definition) is 0. The SMILES string of the molecule is O=[PH2+].[Br-].[Li+]. The van der Waals surface area contributed by atoms with Gasteiger partial charge in [-0.2, -0.15) is 0 Å². The second-order valence-corrected chi connectivity index (χ2v) is 0. The van der Waals surface area contributed by atoms with Crippen LogP contribution in [0.1, 0.15) is 0 Å². The summed E-state index contributed by atoms with van der Waals surface area (Å²) in [5, 5.41) is 0. The molecule has 0 heterocycles. The Labute approximate surface area is 49.7 Å². The van der Waals surface area contributed by atoms with Crippen molar-refractivity contribution in [2.75, 3.05) is 0 Å². The Kier molecular flexibility index (Phi) is 145. The third-order valence-corrected chi connectivity index (χ3v) is 0. The molecule has 0 radical (unpaired) electrons. The molecule has 0 saturated carbocycles. The van der Waals surface area contributed by atoms with Gasteiger partial charge in [-0.1, -0.05) is 4.57 Å². The van der Waals surface area contributed by atoms with Crippen molar-refractivity contribution in [3.63, 3.8) is 0 Å². The van der Waals surface area contributed by atoms with Crippen LogP contribution in [0.5, 0.6) is 0 Å². The zero-order valence-corrected chi connectivity index (χ0v) is 5.10. The first-order chi connectivity index (χ1) is 1.00. The molecule has 0 rings (SSSR count). The minimum atomic E-state index is 0. The van der Waals surface area contributed by atoms with Gasteiger partial charge in [-0.05, 0) is 0 Å². The Bertz CT molecular complexity index is 8.00. The van der Waals surface area contributed by atoms with Crippen LogP contribution in [-0.4, -0.2) is 0 Å². The largest absolute Gasteiger partial charge is 1.00 e. The topological polar surface area (TPSA) is 17.1 Å². The van der Waals surface area contributed by atoms with E-state index in [9.17, 15) is 0 Å². The predicted octanol–water partition coefficient (Wildman–Crippen LogP) is -5.78. The molecular weight excluding hydrogens is 134 g/mol.